The molecule has 7 aromatic rings. The lowest BCUT2D eigenvalue weighted by atomic mass is 9.72. The van der Waals surface area contributed by atoms with Crippen LogP contribution in [-0.2, 0) is 5.41 Å². The summed E-state index contributed by atoms with van der Waals surface area (Å²) in [5, 5.41) is 4.74. The minimum Gasteiger partial charge on any atom is -0.454 e. The molecule has 1 unspecified atom stereocenters. The molecule has 39 heavy (non-hydrogen) atoms. The smallest absolute Gasteiger partial charge is 0.160 e. The molecule has 8 rings (SSSR count). The number of fused-ring (bicyclic) bond motifs is 7. The molecule has 0 spiro atoms. The van der Waals surface area contributed by atoms with Crippen molar-refractivity contribution in [2.75, 3.05) is 0 Å². The third-order valence-electron chi connectivity index (χ3n) is 8.36. The second kappa shape index (κ2) is 8.34. The summed E-state index contributed by atoms with van der Waals surface area (Å²) in [5.74, 6) is 0. The van der Waals surface area contributed by atoms with E-state index in [0.717, 1.165) is 33.9 Å². The van der Waals surface area contributed by atoms with Crippen LogP contribution in [0.4, 0.5) is 0 Å². The highest BCUT2D eigenvalue weighted by Crippen LogP contribution is 2.45. The van der Waals surface area contributed by atoms with Crippen LogP contribution in [0.5, 0.6) is 0 Å². The summed E-state index contributed by atoms with van der Waals surface area (Å²) in [6.07, 6.45) is 5.78. The molecule has 2 nitrogen and oxygen atoms in total. The van der Waals surface area contributed by atoms with Crippen LogP contribution in [0.2, 0.25) is 0 Å². The summed E-state index contributed by atoms with van der Waals surface area (Å²) in [6, 6.07) is 43.2. The maximum absolute atomic E-state index is 6.61. The first-order valence-corrected chi connectivity index (χ1v) is 13.6. The zero-order valence-electron chi connectivity index (χ0n) is 21.8. The Morgan fingerprint density at radius 3 is 2.13 bits per heavy atom. The SMILES string of the molecule is CC1(c2ccccc2)C=C(n2c3ccccc3c3ccc4c5ccccc5oc4c32)C=C(c2ccccc2)C1. The molecule has 0 saturated heterocycles. The molecule has 1 aliphatic rings. The lowest BCUT2D eigenvalue weighted by molar-refractivity contribution is 0.609. The topological polar surface area (TPSA) is 18.1 Å². The number of hydrogen-bond donors (Lipinski definition) is 0. The summed E-state index contributed by atoms with van der Waals surface area (Å²) in [4.78, 5) is 0. The van der Waals surface area contributed by atoms with Crippen molar-refractivity contribution in [1.29, 1.82) is 0 Å². The Kier molecular flexibility index (Phi) is 4.75. The Hall–Kier alpha value is -4.82. The van der Waals surface area contributed by atoms with Gasteiger partial charge in [-0.1, -0.05) is 110 Å². The lowest BCUT2D eigenvalue weighted by Gasteiger charge is -2.33. The molecule has 2 aromatic heterocycles. The van der Waals surface area contributed by atoms with Crippen LogP contribution in [0.25, 0.3) is 55.0 Å². The minimum atomic E-state index is -0.171. The molecule has 0 bridgehead atoms. The van der Waals surface area contributed by atoms with E-state index in [1.165, 1.54) is 38.7 Å². The van der Waals surface area contributed by atoms with Gasteiger partial charge in [0.1, 0.15) is 5.58 Å². The van der Waals surface area contributed by atoms with E-state index in [-0.39, 0.29) is 5.41 Å². The van der Waals surface area contributed by atoms with E-state index in [1.54, 1.807) is 0 Å². The van der Waals surface area contributed by atoms with Gasteiger partial charge < -0.3 is 8.98 Å². The quantitative estimate of drug-likeness (QED) is 0.236. The molecule has 0 radical (unpaired) electrons. The van der Waals surface area contributed by atoms with Crippen molar-refractivity contribution in [2.24, 2.45) is 0 Å². The first-order valence-electron chi connectivity index (χ1n) is 13.6. The van der Waals surface area contributed by atoms with Gasteiger partial charge in [-0.2, -0.15) is 0 Å². The fourth-order valence-corrected chi connectivity index (χ4v) is 6.51. The van der Waals surface area contributed by atoms with Crippen LogP contribution < -0.4 is 0 Å². The average Bonchev–Trinajstić information content (AvgIpc) is 3.54. The number of nitrogens with zero attached hydrogens (tertiary/aromatic N) is 1. The van der Waals surface area contributed by atoms with Gasteiger partial charge in [-0.05, 0) is 53.5 Å². The normalized spacial score (nSPS) is 17.7. The fourth-order valence-electron chi connectivity index (χ4n) is 6.51. The van der Waals surface area contributed by atoms with Gasteiger partial charge in [-0.25, -0.2) is 0 Å². The van der Waals surface area contributed by atoms with E-state index >= 15 is 0 Å². The number of benzene rings is 5. The molecule has 1 aliphatic carbocycles. The van der Waals surface area contributed by atoms with E-state index in [4.69, 9.17) is 4.42 Å². The molecule has 5 aromatic carbocycles. The molecule has 2 heterocycles. The first kappa shape index (κ1) is 22.2. The van der Waals surface area contributed by atoms with Gasteiger partial charge in [-0.3, -0.25) is 0 Å². The highest BCUT2D eigenvalue weighted by Gasteiger charge is 2.31. The van der Waals surface area contributed by atoms with E-state index in [1.807, 2.05) is 6.07 Å². The maximum atomic E-state index is 6.61. The molecular formula is C37H27NO. The summed E-state index contributed by atoms with van der Waals surface area (Å²) >= 11 is 0. The van der Waals surface area contributed by atoms with Gasteiger partial charge in [0.15, 0.2) is 5.58 Å². The van der Waals surface area contributed by atoms with Crippen molar-refractivity contribution < 1.29 is 4.42 Å². The fraction of sp³-hybridized carbons (Fsp3) is 0.0811. The van der Waals surface area contributed by atoms with E-state index in [9.17, 15) is 0 Å². The zero-order valence-corrected chi connectivity index (χ0v) is 21.8. The largest absolute Gasteiger partial charge is 0.454 e. The molecule has 0 amide bonds. The molecule has 0 N–H and O–H groups in total. The van der Waals surface area contributed by atoms with Crippen molar-refractivity contribution in [2.45, 2.75) is 18.8 Å². The van der Waals surface area contributed by atoms with Gasteiger partial charge in [-0.15, -0.1) is 0 Å². The van der Waals surface area contributed by atoms with Crippen molar-refractivity contribution in [3.05, 3.63) is 145 Å². The van der Waals surface area contributed by atoms with Crippen molar-refractivity contribution in [1.82, 2.24) is 4.57 Å². The Bertz CT molecular complexity index is 2090. The zero-order chi connectivity index (χ0) is 26.0. The summed E-state index contributed by atoms with van der Waals surface area (Å²) in [7, 11) is 0. The Balaban J connectivity index is 1.50. The molecular weight excluding hydrogens is 474 g/mol. The lowest BCUT2D eigenvalue weighted by Crippen LogP contribution is -2.23. The van der Waals surface area contributed by atoms with Crippen LogP contribution in [0.15, 0.2) is 138 Å². The summed E-state index contributed by atoms with van der Waals surface area (Å²) in [5.41, 5.74) is 9.09. The molecule has 0 aliphatic heterocycles. The van der Waals surface area contributed by atoms with Crippen LogP contribution in [0, 0.1) is 0 Å². The monoisotopic (exact) mass is 501 g/mol. The Labute approximate surface area is 227 Å². The number of furan rings is 1. The van der Waals surface area contributed by atoms with E-state index in [0.29, 0.717) is 0 Å². The number of rotatable bonds is 3. The first-order chi connectivity index (χ1) is 19.2. The Morgan fingerprint density at radius 2 is 1.31 bits per heavy atom. The number of aromatic nitrogens is 1. The maximum Gasteiger partial charge on any atom is 0.160 e. The molecule has 0 saturated carbocycles. The van der Waals surface area contributed by atoms with Crippen molar-refractivity contribution in [3.8, 4) is 0 Å². The standard InChI is InChI=1S/C37H27NO/c1-37(27-14-6-3-7-15-27)23-26(25-12-4-2-5-13-25)22-28(24-37)38-33-18-10-8-16-29(33)31-20-21-32-30-17-9-11-19-34(30)39-36(32)35(31)38/h2-22,24H,23H2,1H3. The van der Waals surface area contributed by atoms with Crippen LogP contribution in [0.3, 0.4) is 0 Å². The second-order valence-corrected chi connectivity index (χ2v) is 10.9. The van der Waals surface area contributed by atoms with Crippen molar-refractivity contribution >= 4 is 55.0 Å². The van der Waals surface area contributed by atoms with Gasteiger partial charge in [0, 0.05) is 32.7 Å². The highest BCUT2D eigenvalue weighted by molar-refractivity contribution is 6.22. The highest BCUT2D eigenvalue weighted by atomic mass is 16.3. The molecule has 1 atom stereocenters. The van der Waals surface area contributed by atoms with Gasteiger partial charge in [0.25, 0.3) is 0 Å². The second-order valence-electron chi connectivity index (χ2n) is 10.9. The average molecular weight is 502 g/mol. The predicted octanol–water partition coefficient (Wildman–Crippen LogP) is 9.98. The number of para-hydroxylation sites is 2. The predicted molar refractivity (Wildman–Crippen MR) is 164 cm³/mol. The third-order valence-corrected chi connectivity index (χ3v) is 8.36. The Morgan fingerprint density at radius 1 is 0.641 bits per heavy atom. The number of allylic oxidation sites excluding steroid dienone is 4. The van der Waals surface area contributed by atoms with Gasteiger partial charge >= 0.3 is 0 Å². The van der Waals surface area contributed by atoms with Gasteiger partial charge in [0.2, 0.25) is 0 Å². The van der Waals surface area contributed by atoms with Crippen LogP contribution in [-0.4, -0.2) is 4.57 Å². The number of hydrogen-bond acceptors (Lipinski definition) is 1. The van der Waals surface area contributed by atoms with E-state index in [2.05, 4.69) is 139 Å². The third kappa shape index (κ3) is 3.35. The molecule has 2 heteroatoms. The molecule has 186 valence electrons. The van der Waals surface area contributed by atoms with Gasteiger partial charge in [0.05, 0.1) is 11.0 Å². The van der Waals surface area contributed by atoms with E-state index < -0.39 is 0 Å². The minimum absolute atomic E-state index is 0.171. The summed E-state index contributed by atoms with van der Waals surface area (Å²) in [6.45, 7) is 2.36. The molecule has 0 fully saturated rings. The van der Waals surface area contributed by atoms with Crippen LogP contribution >= 0.6 is 0 Å². The van der Waals surface area contributed by atoms with Crippen LogP contribution in [0.1, 0.15) is 24.5 Å². The summed E-state index contributed by atoms with van der Waals surface area (Å²) < 4.78 is 9.04. The van der Waals surface area contributed by atoms with Crippen molar-refractivity contribution in [3.63, 3.8) is 0 Å².